The molecule has 0 radical (unpaired) electrons. The van der Waals surface area contributed by atoms with Crippen LogP contribution in [0.5, 0.6) is 0 Å². The van der Waals surface area contributed by atoms with Gasteiger partial charge >= 0.3 is 0 Å². The fourth-order valence-corrected chi connectivity index (χ4v) is 3.13. The third-order valence-electron chi connectivity index (χ3n) is 4.63. The number of hydrogen-bond acceptors (Lipinski definition) is 4. The van der Waals surface area contributed by atoms with Gasteiger partial charge in [0.05, 0.1) is 0 Å². The first-order valence-electron chi connectivity index (χ1n) is 7.80. The van der Waals surface area contributed by atoms with E-state index in [0.717, 1.165) is 6.42 Å². The lowest BCUT2D eigenvalue weighted by Gasteiger charge is -2.25. The lowest BCUT2D eigenvalue weighted by molar-refractivity contribution is -0.143. The Morgan fingerprint density at radius 1 is 1.14 bits per heavy atom. The number of nitrogens with zero attached hydrogens (tertiary/aromatic N) is 2. The van der Waals surface area contributed by atoms with Gasteiger partial charge in [-0.3, -0.25) is 14.4 Å². The van der Waals surface area contributed by atoms with Gasteiger partial charge in [0.25, 0.3) is 0 Å². The average Bonchev–Trinajstić information content (AvgIpc) is 3.30. The standard InChI is InChI=1S/C15H25N3O3S/c1-11(22-2)10-12(19)17-6-3-7-18(9-8-17)14(21)15(4-5-15)13(16)20/h11H,3-10H2,1-2H3,(H2,16,20). The van der Waals surface area contributed by atoms with Crippen molar-refractivity contribution in [2.75, 3.05) is 32.4 Å². The predicted octanol–water partition coefficient (Wildman–Crippen LogP) is 0.454. The molecule has 2 fully saturated rings. The fraction of sp³-hybridized carbons (Fsp3) is 0.800. The summed E-state index contributed by atoms with van der Waals surface area (Å²) in [5.41, 5.74) is 4.42. The summed E-state index contributed by atoms with van der Waals surface area (Å²) in [5.74, 6) is -0.512. The zero-order chi connectivity index (χ0) is 16.3. The Morgan fingerprint density at radius 2 is 1.73 bits per heavy atom. The molecule has 0 aromatic heterocycles. The first-order chi connectivity index (χ1) is 10.4. The first kappa shape index (κ1) is 17.1. The summed E-state index contributed by atoms with van der Waals surface area (Å²) in [5, 5.41) is 0.304. The summed E-state index contributed by atoms with van der Waals surface area (Å²) in [6.45, 7) is 4.34. The van der Waals surface area contributed by atoms with Crippen LogP contribution >= 0.6 is 11.8 Å². The van der Waals surface area contributed by atoms with E-state index in [4.69, 9.17) is 5.73 Å². The number of hydrogen-bond donors (Lipinski definition) is 1. The lowest BCUT2D eigenvalue weighted by Crippen LogP contribution is -2.45. The molecule has 0 aromatic carbocycles. The smallest absolute Gasteiger partial charge is 0.238 e. The van der Waals surface area contributed by atoms with Crippen LogP contribution in [0, 0.1) is 5.41 Å². The van der Waals surface area contributed by atoms with Gasteiger partial charge in [-0.25, -0.2) is 0 Å². The van der Waals surface area contributed by atoms with E-state index in [9.17, 15) is 14.4 Å². The van der Waals surface area contributed by atoms with Crippen LogP contribution in [-0.2, 0) is 14.4 Å². The van der Waals surface area contributed by atoms with Crippen molar-refractivity contribution in [2.45, 2.75) is 37.9 Å². The van der Waals surface area contributed by atoms with Crippen LogP contribution in [0.3, 0.4) is 0 Å². The van der Waals surface area contributed by atoms with Crippen LogP contribution in [0.4, 0.5) is 0 Å². The molecule has 1 aliphatic heterocycles. The minimum absolute atomic E-state index is 0.146. The fourth-order valence-electron chi connectivity index (χ4n) is 2.82. The molecule has 6 nitrogen and oxygen atoms in total. The maximum absolute atomic E-state index is 12.5. The Hall–Kier alpha value is -1.24. The van der Waals surface area contributed by atoms with Gasteiger partial charge < -0.3 is 15.5 Å². The topological polar surface area (TPSA) is 83.7 Å². The lowest BCUT2D eigenvalue weighted by atomic mass is 10.0. The van der Waals surface area contributed by atoms with Gasteiger partial charge in [0.15, 0.2) is 0 Å². The summed E-state index contributed by atoms with van der Waals surface area (Å²) in [6.07, 6.45) is 4.40. The summed E-state index contributed by atoms with van der Waals surface area (Å²) in [6, 6.07) is 0. The Morgan fingerprint density at radius 3 is 2.27 bits per heavy atom. The molecule has 2 rings (SSSR count). The quantitative estimate of drug-likeness (QED) is 0.743. The molecule has 22 heavy (non-hydrogen) atoms. The van der Waals surface area contributed by atoms with Crippen molar-refractivity contribution in [3.05, 3.63) is 0 Å². The molecule has 1 aliphatic carbocycles. The minimum Gasteiger partial charge on any atom is -0.369 e. The van der Waals surface area contributed by atoms with Crippen LogP contribution in [0.2, 0.25) is 0 Å². The molecule has 2 aliphatic rings. The summed E-state index contributed by atoms with van der Waals surface area (Å²) < 4.78 is 0. The highest BCUT2D eigenvalue weighted by Crippen LogP contribution is 2.47. The molecular formula is C15H25N3O3S. The zero-order valence-corrected chi connectivity index (χ0v) is 14.2. The highest BCUT2D eigenvalue weighted by atomic mass is 32.2. The normalized spacial score (nSPS) is 21.9. The molecule has 0 spiro atoms. The number of thioether (sulfide) groups is 1. The van der Waals surface area contributed by atoms with Crippen molar-refractivity contribution in [1.29, 1.82) is 0 Å². The van der Waals surface area contributed by atoms with E-state index in [1.54, 1.807) is 16.7 Å². The maximum atomic E-state index is 12.5. The maximum Gasteiger partial charge on any atom is 0.238 e. The molecular weight excluding hydrogens is 302 g/mol. The summed E-state index contributed by atoms with van der Waals surface area (Å²) in [7, 11) is 0. The van der Waals surface area contributed by atoms with E-state index in [1.165, 1.54) is 0 Å². The number of primary amides is 1. The van der Waals surface area contributed by atoms with Crippen molar-refractivity contribution < 1.29 is 14.4 Å². The SMILES string of the molecule is CSC(C)CC(=O)N1CCCN(C(=O)C2(C(N)=O)CC2)CC1. The van der Waals surface area contributed by atoms with E-state index < -0.39 is 11.3 Å². The number of nitrogens with two attached hydrogens (primary N) is 1. The molecule has 3 amide bonds. The molecule has 1 atom stereocenters. The second-order valence-electron chi connectivity index (χ2n) is 6.22. The van der Waals surface area contributed by atoms with Gasteiger partial charge in [-0.1, -0.05) is 6.92 Å². The monoisotopic (exact) mass is 327 g/mol. The van der Waals surface area contributed by atoms with Crippen LogP contribution < -0.4 is 5.73 Å². The predicted molar refractivity (Wildman–Crippen MR) is 86.2 cm³/mol. The van der Waals surface area contributed by atoms with E-state index in [-0.39, 0.29) is 11.8 Å². The van der Waals surface area contributed by atoms with Gasteiger partial charge in [-0.05, 0) is 25.5 Å². The van der Waals surface area contributed by atoms with E-state index in [1.807, 2.05) is 18.1 Å². The van der Waals surface area contributed by atoms with Crippen LogP contribution in [0.15, 0.2) is 0 Å². The third-order valence-corrected chi connectivity index (χ3v) is 5.60. The molecule has 7 heteroatoms. The van der Waals surface area contributed by atoms with E-state index >= 15 is 0 Å². The van der Waals surface area contributed by atoms with Crippen molar-refractivity contribution in [1.82, 2.24) is 9.80 Å². The number of rotatable bonds is 5. The highest BCUT2D eigenvalue weighted by Gasteiger charge is 2.56. The van der Waals surface area contributed by atoms with Gasteiger partial charge in [-0.15, -0.1) is 0 Å². The zero-order valence-electron chi connectivity index (χ0n) is 13.3. The molecule has 2 N–H and O–H groups in total. The Balaban J connectivity index is 1.91. The van der Waals surface area contributed by atoms with E-state index in [0.29, 0.717) is 50.7 Å². The summed E-state index contributed by atoms with van der Waals surface area (Å²) in [4.78, 5) is 39.8. The molecule has 0 aromatic rings. The van der Waals surface area contributed by atoms with E-state index in [2.05, 4.69) is 0 Å². The number of carbonyl (C=O) groups is 3. The molecule has 1 unspecified atom stereocenters. The largest absolute Gasteiger partial charge is 0.369 e. The number of amides is 3. The Bertz CT molecular complexity index is 465. The second kappa shape index (κ2) is 6.89. The van der Waals surface area contributed by atoms with Gasteiger partial charge in [0.2, 0.25) is 17.7 Å². The van der Waals surface area contributed by atoms with Crippen LogP contribution in [0.25, 0.3) is 0 Å². The molecule has 1 saturated carbocycles. The van der Waals surface area contributed by atoms with Crippen LogP contribution in [0.1, 0.15) is 32.6 Å². The van der Waals surface area contributed by atoms with Crippen molar-refractivity contribution in [3.63, 3.8) is 0 Å². The molecule has 1 saturated heterocycles. The Kier molecular flexibility index (Phi) is 5.36. The molecule has 124 valence electrons. The van der Waals surface area contributed by atoms with Gasteiger partial charge in [-0.2, -0.15) is 11.8 Å². The van der Waals surface area contributed by atoms with Crippen LogP contribution in [-0.4, -0.2) is 65.2 Å². The molecule has 0 bridgehead atoms. The number of carbonyl (C=O) groups excluding carboxylic acids is 3. The highest BCUT2D eigenvalue weighted by molar-refractivity contribution is 7.99. The summed E-state index contributed by atoms with van der Waals surface area (Å²) >= 11 is 1.68. The van der Waals surface area contributed by atoms with Gasteiger partial charge in [0.1, 0.15) is 5.41 Å². The third kappa shape index (κ3) is 3.56. The average molecular weight is 327 g/mol. The Labute approximate surface area is 135 Å². The van der Waals surface area contributed by atoms with Crippen molar-refractivity contribution >= 4 is 29.5 Å². The second-order valence-corrected chi connectivity index (χ2v) is 7.50. The van der Waals surface area contributed by atoms with Crippen molar-refractivity contribution in [2.24, 2.45) is 11.1 Å². The minimum atomic E-state index is -0.952. The van der Waals surface area contributed by atoms with Gasteiger partial charge in [0, 0.05) is 37.8 Å². The molecule has 1 heterocycles. The van der Waals surface area contributed by atoms with Crippen molar-refractivity contribution in [3.8, 4) is 0 Å². The first-order valence-corrected chi connectivity index (χ1v) is 9.09.